The van der Waals surface area contributed by atoms with Crippen LogP contribution in [-0.2, 0) is 11.3 Å². The summed E-state index contributed by atoms with van der Waals surface area (Å²) >= 11 is 0. The number of nitrogens with zero attached hydrogens (tertiary/aromatic N) is 2. The largest absolute Gasteiger partial charge is 0.503 e. The van der Waals surface area contributed by atoms with E-state index < -0.39 is 11.2 Å². The molecule has 108 valence electrons. The van der Waals surface area contributed by atoms with E-state index in [9.17, 15) is 14.7 Å². The van der Waals surface area contributed by atoms with Crippen molar-refractivity contribution in [2.45, 2.75) is 39.1 Å². The van der Waals surface area contributed by atoms with Gasteiger partial charge in [-0.25, -0.2) is 0 Å². The summed E-state index contributed by atoms with van der Waals surface area (Å²) in [5.41, 5.74) is -0.457. The molecule has 2 atom stereocenters. The van der Waals surface area contributed by atoms with Crippen molar-refractivity contribution in [2.24, 2.45) is 5.92 Å². The van der Waals surface area contributed by atoms with Crippen LogP contribution in [0.2, 0.25) is 0 Å². The molecular formula is C14H18N2O4. The fourth-order valence-corrected chi connectivity index (χ4v) is 2.86. The van der Waals surface area contributed by atoms with Crippen molar-refractivity contribution >= 4 is 5.91 Å². The van der Waals surface area contributed by atoms with Crippen LogP contribution in [0.25, 0.3) is 0 Å². The summed E-state index contributed by atoms with van der Waals surface area (Å²) in [6.07, 6.45) is 2.13. The van der Waals surface area contributed by atoms with Crippen LogP contribution in [-0.4, -0.2) is 39.4 Å². The van der Waals surface area contributed by atoms with E-state index in [1.807, 2.05) is 0 Å². The maximum absolute atomic E-state index is 12.4. The molecule has 6 heteroatoms. The van der Waals surface area contributed by atoms with Crippen LogP contribution < -0.4 is 5.43 Å². The van der Waals surface area contributed by atoms with E-state index in [-0.39, 0.29) is 23.9 Å². The monoisotopic (exact) mass is 278 g/mol. The topological polar surface area (TPSA) is 71.8 Å². The molecule has 3 rings (SSSR count). The highest BCUT2D eigenvalue weighted by Gasteiger charge is 2.39. The Morgan fingerprint density at radius 3 is 2.85 bits per heavy atom. The second-order valence-electron chi connectivity index (χ2n) is 5.69. The third kappa shape index (κ3) is 1.91. The Morgan fingerprint density at radius 2 is 2.15 bits per heavy atom. The predicted molar refractivity (Wildman–Crippen MR) is 71.5 cm³/mol. The third-order valence-corrected chi connectivity index (χ3v) is 4.04. The van der Waals surface area contributed by atoms with Crippen LogP contribution in [0.5, 0.6) is 5.75 Å². The Morgan fingerprint density at radius 1 is 1.40 bits per heavy atom. The molecule has 1 N–H and O–H groups in total. The van der Waals surface area contributed by atoms with Gasteiger partial charge in [0, 0.05) is 18.8 Å². The molecule has 2 aliphatic rings. The molecule has 20 heavy (non-hydrogen) atoms. The Bertz CT molecular complexity index is 608. The Hall–Kier alpha value is -1.82. The molecule has 1 saturated heterocycles. The van der Waals surface area contributed by atoms with E-state index in [4.69, 9.17) is 4.74 Å². The first-order valence-electron chi connectivity index (χ1n) is 6.88. The SMILES string of the molecule is CC(C)[C@H]1CCN2C(=O)c3c(O)c(=O)ccn3C[C@H]2O1. The predicted octanol–water partition coefficient (Wildman–Crippen LogP) is 0.781. The van der Waals surface area contributed by atoms with Gasteiger partial charge in [0.2, 0.25) is 5.43 Å². The number of aromatic hydroxyl groups is 1. The van der Waals surface area contributed by atoms with E-state index in [0.29, 0.717) is 19.0 Å². The second-order valence-corrected chi connectivity index (χ2v) is 5.69. The van der Waals surface area contributed by atoms with Gasteiger partial charge in [0.25, 0.3) is 5.91 Å². The fourth-order valence-electron chi connectivity index (χ4n) is 2.86. The summed E-state index contributed by atoms with van der Waals surface area (Å²) in [6, 6.07) is 1.27. The van der Waals surface area contributed by atoms with Crippen molar-refractivity contribution in [3.8, 4) is 5.75 Å². The molecule has 0 spiro atoms. The van der Waals surface area contributed by atoms with E-state index in [1.54, 1.807) is 9.47 Å². The number of carbonyl (C=O) groups is 1. The van der Waals surface area contributed by atoms with E-state index in [1.165, 1.54) is 12.3 Å². The van der Waals surface area contributed by atoms with Gasteiger partial charge in [-0.3, -0.25) is 9.59 Å². The number of fused-ring (bicyclic) bond motifs is 2. The molecule has 0 aromatic carbocycles. The van der Waals surface area contributed by atoms with E-state index in [0.717, 1.165) is 6.42 Å². The summed E-state index contributed by atoms with van der Waals surface area (Å²) in [7, 11) is 0. The minimum atomic E-state index is -0.527. The summed E-state index contributed by atoms with van der Waals surface area (Å²) in [5.74, 6) is -0.406. The number of aromatic nitrogens is 1. The first kappa shape index (κ1) is 13.2. The number of amides is 1. The molecule has 6 nitrogen and oxygen atoms in total. The standard InChI is InChI=1S/C14H18N2O4/c1-8(2)10-4-6-16-11(20-10)7-15-5-3-9(17)13(18)12(15)14(16)19/h3,5,8,10-11,18H,4,6-7H2,1-2H3/t10-,11-/m1/s1. The summed E-state index contributed by atoms with van der Waals surface area (Å²) in [6.45, 7) is 5.23. The Kier molecular flexibility index (Phi) is 3.05. The zero-order chi connectivity index (χ0) is 14.4. The third-order valence-electron chi connectivity index (χ3n) is 4.04. The van der Waals surface area contributed by atoms with E-state index >= 15 is 0 Å². The van der Waals surface area contributed by atoms with Gasteiger partial charge in [-0.15, -0.1) is 0 Å². The lowest BCUT2D eigenvalue weighted by Gasteiger charge is -2.44. The quantitative estimate of drug-likeness (QED) is 0.824. The van der Waals surface area contributed by atoms with Gasteiger partial charge in [0.15, 0.2) is 17.7 Å². The maximum Gasteiger partial charge on any atom is 0.276 e. The van der Waals surface area contributed by atoms with Crippen molar-refractivity contribution < 1.29 is 14.6 Å². The van der Waals surface area contributed by atoms with Gasteiger partial charge < -0.3 is 19.3 Å². The average molecular weight is 278 g/mol. The van der Waals surface area contributed by atoms with Crippen molar-refractivity contribution in [3.63, 3.8) is 0 Å². The summed E-state index contributed by atoms with van der Waals surface area (Å²) in [4.78, 5) is 25.5. The van der Waals surface area contributed by atoms with Gasteiger partial charge in [-0.05, 0) is 12.3 Å². The highest BCUT2D eigenvalue weighted by molar-refractivity contribution is 5.95. The lowest BCUT2D eigenvalue weighted by atomic mass is 10.0. The number of hydrogen-bond acceptors (Lipinski definition) is 4. The molecule has 1 fully saturated rings. The molecule has 0 radical (unpaired) electrons. The molecule has 1 aromatic heterocycles. The van der Waals surface area contributed by atoms with Crippen LogP contribution in [0.15, 0.2) is 17.1 Å². The highest BCUT2D eigenvalue weighted by Crippen LogP contribution is 2.29. The van der Waals surface area contributed by atoms with Gasteiger partial charge in [-0.2, -0.15) is 0 Å². The zero-order valence-electron chi connectivity index (χ0n) is 11.6. The summed E-state index contributed by atoms with van der Waals surface area (Å²) in [5, 5.41) is 9.82. The molecule has 0 unspecified atom stereocenters. The molecule has 1 amide bonds. The number of carbonyl (C=O) groups excluding carboxylic acids is 1. The van der Waals surface area contributed by atoms with Crippen molar-refractivity contribution in [1.82, 2.24) is 9.47 Å². The molecule has 1 aromatic rings. The molecule has 0 bridgehead atoms. The minimum Gasteiger partial charge on any atom is -0.503 e. The number of ether oxygens (including phenoxy) is 1. The summed E-state index contributed by atoms with van der Waals surface area (Å²) < 4.78 is 7.57. The normalized spacial score (nSPS) is 25.6. The van der Waals surface area contributed by atoms with Crippen LogP contribution >= 0.6 is 0 Å². The van der Waals surface area contributed by atoms with Gasteiger partial charge in [-0.1, -0.05) is 13.8 Å². The van der Waals surface area contributed by atoms with Crippen LogP contribution in [0.1, 0.15) is 30.8 Å². The van der Waals surface area contributed by atoms with Crippen LogP contribution in [0.4, 0.5) is 0 Å². The number of hydrogen-bond donors (Lipinski definition) is 1. The second kappa shape index (κ2) is 4.63. The smallest absolute Gasteiger partial charge is 0.276 e. The lowest BCUT2D eigenvalue weighted by Crippen LogP contribution is -2.55. The molecule has 3 heterocycles. The molecule has 2 aliphatic heterocycles. The lowest BCUT2D eigenvalue weighted by molar-refractivity contribution is -0.147. The van der Waals surface area contributed by atoms with Crippen LogP contribution in [0.3, 0.4) is 0 Å². The van der Waals surface area contributed by atoms with E-state index in [2.05, 4.69) is 13.8 Å². The Balaban J connectivity index is 1.97. The average Bonchev–Trinajstić information content (AvgIpc) is 2.42. The van der Waals surface area contributed by atoms with Crippen molar-refractivity contribution in [1.29, 1.82) is 0 Å². The van der Waals surface area contributed by atoms with Crippen molar-refractivity contribution in [2.75, 3.05) is 6.54 Å². The molecule has 0 saturated carbocycles. The van der Waals surface area contributed by atoms with Crippen LogP contribution in [0, 0.1) is 5.92 Å². The van der Waals surface area contributed by atoms with Gasteiger partial charge in [0.05, 0.1) is 12.6 Å². The first-order chi connectivity index (χ1) is 9.49. The molecule has 0 aliphatic carbocycles. The van der Waals surface area contributed by atoms with Gasteiger partial charge >= 0.3 is 0 Å². The fraction of sp³-hybridized carbons (Fsp3) is 0.571. The maximum atomic E-state index is 12.4. The van der Waals surface area contributed by atoms with Gasteiger partial charge in [0.1, 0.15) is 0 Å². The minimum absolute atomic E-state index is 0.0698. The first-order valence-corrected chi connectivity index (χ1v) is 6.88. The number of rotatable bonds is 1. The molecular weight excluding hydrogens is 260 g/mol. The zero-order valence-corrected chi connectivity index (χ0v) is 11.6. The highest BCUT2D eigenvalue weighted by atomic mass is 16.5. The number of pyridine rings is 1. The Labute approximate surface area is 116 Å². The van der Waals surface area contributed by atoms with Crippen molar-refractivity contribution in [3.05, 3.63) is 28.2 Å².